The zero-order valence-electron chi connectivity index (χ0n) is 10.8. The fourth-order valence-corrected chi connectivity index (χ4v) is 0.861. The first kappa shape index (κ1) is 16.4. The normalized spacial score (nSPS) is 12.7. The van der Waals surface area contributed by atoms with Crippen molar-refractivity contribution in [2.45, 2.75) is 39.7 Å². The summed E-state index contributed by atoms with van der Waals surface area (Å²) in [5.74, 6) is -2.34. The van der Waals surface area contributed by atoms with Gasteiger partial charge in [0.1, 0.15) is 6.04 Å². The van der Waals surface area contributed by atoms with Crippen molar-refractivity contribution in [1.82, 2.24) is 0 Å². The minimum absolute atomic E-state index is 0.0264. The number of carbonyl (C=O) groups is 3. The monoisotopic (exact) mass is 261 g/mol. The van der Waals surface area contributed by atoms with E-state index in [9.17, 15) is 14.4 Å². The number of rotatable bonds is 6. The summed E-state index contributed by atoms with van der Waals surface area (Å²) < 4.78 is 9.30. The van der Waals surface area contributed by atoms with Crippen molar-refractivity contribution in [1.29, 1.82) is 0 Å². The molecule has 18 heavy (non-hydrogen) atoms. The molecule has 3 N–H and O–H groups in total. The van der Waals surface area contributed by atoms with Gasteiger partial charge < -0.3 is 20.3 Å². The molecule has 7 nitrogen and oxygen atoms in total. The van der Waals surface area contributed by atoms with Gasteiger partial charge in [0.25, 0.3) is 0 Å². The van der Waals surface area contributed by atoms with Crippen molar-refractivity contribution in [2.24, 2.45) is 11.1 Å². The van der Waals surface area contributed by atoms with Crippen LogP contribution in [-0.4, -0.2) is 35.8 Å². The lowest BCUT2D eigenvalue weighted by Crippen LogP contribution is -2.34. The maximum Gasteiger partial charge on any atom is 0.325 e. The van der Waals surface area contributed by atoms with E-state index in [-0.39, 0.29) is 12.8 Å². The number of hydrogen-bond donors (Lipinski definition) is 2. The summed E-state index contributed by atoms with van der Waals surface area (Å²) in [6.45, 7) is 4.47. The smallest absolute Gasteiger partial charge is 0.325 e. The molecule has 0 aliphatic rings. The van der Waals surface area contributed by atoms with Crippen molar-refractivity contribution >= 4 is 17.9 Å². The predicted octanol–water partition coefficient (Wildman–Crippen LogP) is 0.269. The van der Waals surface area contributed by atoms with E-state index >= 15 is 0 Å². The van der Waals surface area contributed by atoms with Crippen LogP contribution in [-0.2, 0) is 23.9 Å². The highest BCUT2D eigenvalue weighted by Crippen LogP contribution is 2.14. The minimum atomic E-state index is -1.04. The van der Waals surface area contributed by atoms with Crippen LogP contribution in [0.4, 0.5) is 0 Å². The maximum absolute atomic E-state index is 11.3. The summed E-state index contributed by atoms with van der Waals surface area (Å²) in [5, 5.41) is 8.41. The molecule has 0 saturated heterocycles. The van der Waals surface area contributed by atoms with Crippen molar-refractivity contribution < 1.29 is 29.0 Å². The van der Waals surface area contributed by atoms with E-state index in [2.05, 4.69) is 4.74 Å². The van der Waals surface area contributed by atoms with E-state index in [4.69, 9.17) is 15.6 Å². The molecule has 0 radical (unpaired) electrons. The van der Waals surface area contributed by atoms with E-state index in [1.165, 1.54) is 0 Å². The van der Waals surface area contributed by atoms with Gasteiger partial charge in [-0.3, -0.25) is 14.4 Å². The third kappa shape index (κ3) is 6.85. The molecule has 0 aromatic heterocycles. The van der Waals surface area contributed by atoms with E-state index in [0.29, 0.717) is 0 Å². The molecule has 0 rings (SSSR count). The van der Waals surface area contributed by atoms with Crippen LogP contribution in [0.25, 0.3) is 0 Å². The second kappa shape index (κ2) is 6.95. The summed E-state index contributed by atoms with van der Waals surface area (Å²) in [7, 11) is 0. The van der Waals surface area contributed by atoms with Crippen molar-refractivity contribution in [2.75, 3.05) is 6.79 Å². The molecule has 0 heterocycles. The number of carbonyl (C=O) groups excluding carboxylic acids is 2. The molecular weight excluding hydrogens is 242 g/mol. The van der Waals surface area contributed by atoms with Crippen LogP contribution in [0.3, 0.4) is 0 Å². The highest BCUT2D eigenvalue weighted by molar-refractivity contribution is 5.77. The number of hydrogen-bond acceptors (Lipinski definition) is 6. The van der Waals surface area contributed by atoms with Crippen molar-refractivity contribution in [3.63, 3.8) is 0 Å². The Hall–Kier alpha value is -1.63. The summed E-state index contributed by atoms with van der Waals surface area (Å²) in [6, 6.07) is -1.03. The van der Waals surface area contributed by atoms with Gasteiger partial charge in [0.05, 0.1) is 5.41 Å². The second-order valence-corrected chi connectivity index (χ2v) is 4.80. The minimum Gasteiger partial charge on any atom is -0.481 e. The molecule has 0 saturated carbocycles. The maximum atomic E-state index is 11.3. The molecule has 1 atom stereocenters. The fraction of sp³-hybridized carbons (Fsp3) is 0.727. The van der Waals surface area contributed by atoms with Gasteiger partial charge in [-0.25, -0.2) is 0 Å². The van der Waals surface area contributed by atoms with Crippen LogP contribution in [0.2, 0.25) is 0 Å². The third-order valence-corrected chi connectivity index (χ3v) is 1.98. The molecule has 0 spiro atoms. The highest BCUT2D eigenvalue weighted by Gasteiger charge is 2.24. The molecule has 0 fully saturated rings. The Kier molecular flexibility index (Phi) is 6.32. The number of nitrogens with two attached hydrogens (primary N) is 1. The molecule has 0 amide bonds. The number of esters is 2. The molecule has 0 aliphatic carbocycles. The van der Waals surface area contributed by atoms with Gasteiger partial charge in [-0.15, -0.1) is 0 Å². The van der Waals surface area contributed by atoms with Gasteiger partial charge in [-0.05, 0) is 27.2 Å². The third-order valence-electron chi connectivity index (χ3n) is 1.98. The number of carboxylic acids is 1. The van der Waals surface area contributed by atoms with Gasteiger partial charge in [0.2, 0.25) is 6.79 Å². The Morgan fingerprint density at radius 1 is 1.22 bits per heavy atom. The predicted molar refractivity (Wildman–Crippen MR) is 61.4 cm³/mol. The number of carboxylic acid groups (broad SMARTS) is 1. The Balaban J connectivity index is 3.90. The van der Waals surface area contributed by atoms with E-state index in [1.807, 2.05) is 0 Å². The van der Waals surface area contributed by atoms with E-state index in [1.54, 1.807) is 20.8 Å². The van der Waals surface area contributed by atoms with Crippen LogP contribution in [0.1, 0.15) is 33.6 Å². The summed E-state index contributed by atoms with van der Waals surface area (Å²) in [6.07, 6.45) is -0.251. The van der Waals surface area contributed by atoms with Crippen LogP contribution in [0, 0.1) is 5.41 Å². The molecular formula is C11H19NO6. The largest absolute Gasteiger partial charge is 0.481 e. The van der Waals surface area contributed by atoms with Gasteiger partial charge in [0, 0.05) is 6.42 Å². The zero-order chi connectivity index (χ0) is 14.3. The Morgan fingerprint density at radius 2 is 1.78 bits per heavy atom. The van der Waals surface area contributed by atoms with Gasteiger partial charge in [0.15, 0.2) is 0 Å². The van der Waals surface area contributed by atoms with E-state index < -0.39 is 36.2 Å². The Bertz CT molecular complexity index is 320. The highest BCUT2D eigenvalue weighted by atomic mass is 16.7. The van der Waals surface area contributed by atoms with Crippen LogP contribution >= 0.6 is 0 Å². The SMILES string of the molecule is CC(C)(C)C(=O)OCOC(=O)[C@@H](N)CCC(=O)O. The molecule has 0 aromatic rings. The van der Waals surface area contributed by atoms with Crippen LogP contribution in [0.15, 0.2) is 0 Å². The topological polar surface area (TPSA) is 116 Å². The first-order valence-electron chi connectivity index (χ1n) is 5.46. The molecule has 0 unspecified atom stereocenters. The lowest BCUT2D eigenvalue weighted by Gasteiger charge is -2.17. The average Bonchev–Trinajstić information content (AvgIpc) is 2.23. The number of aliphatic carboxylic acids is 1. The first-order chi connectivity index (χ1) is 8.14. The van der Waals surface area contributed by atoms with E-state index in [0.717, 1.165) is 0 Å². The Morgan fingerprint density at radius 3 is 2.22 bits per heavy atom. The Labute approximate surface area is 105 Å². The van der Waals surface area contributed by atoms with Crippen LogP contribution in [0.5, 0.6) is 0 Å². The molecule has 0 bridgehead atoms. The number of ether oxygens (including phenoxy) is 2. The quantitative estimate of drug-likeness (QED) is 0.520. The summed E-state index contributed by atoms with van der Waals surface area (Å²) in [4.78, 5) is 32.8. The summed E-state index contributed by atoms with van der Waals surface area (Å²) in [5.41, 5.74) is 4.71. The molecule has 0 aliphatic heterocycles. The van der Waals surface area contributed by atoms with Crippen LogP contribution < -0.4 is 5.73 Å². The van der Waals surface area contributed by atoms with Gasteiger partial charge in [-0.2, -0.15) is 0 Å². The summed E-state index contributed by atoms with van der Waals surface area (Å²) >= 11 is 0. The zero-order valence-corrected chi connectivity index (χ0v) is 10.8. The van der Waals surface area contributed by atoms with Gasteiger partial charge >= 0.3 is 17.9 Å². The van der Waals surface area contributed by atoms with Crippen molar-refractivity contribution in [3.05, 3.63) is 0 Å². The molecule has 7 heteroatoms. The van der Waals surface area contributed by atoms with Crippen molar-refractivity contribution in [3.8, 4) is 0 Å². The lowest BCUT2D eigenvalue weighted by atomic mass is 9.98. The lowest BCUT2D eigenvalue weighted by molar-refractivity contribution is -0.173. The fourth-order valence-electron chi connectivity index (χ4n) is 0.861. The molecule has 104 valence electrons. The van der Waals surface area contributed by atoms with Gasteiger partial charge in [-0.1, -0.05) is 0 Å². The molecule has 0 aromatic carbocycles. The average molecular weight is 261 g/mol. The first-order valence-corrected chi connectivity index (χ1v) is 5.46. The second-order valence-electron chi connectivity index (χ2n) is 4.80. The standard InChI is InChI=1S/C11H19NO6/c1-11(2,3)10(16)18-6-17-9(15)7(12)4-5-8(13)14/h7H,4-6,12H2,1-3H3,(H,13,14)/t7-/m0/s1.